The van der Waals surface area contributed by atoms with Crippen LogP contribution in [-0.4, -0.2) is 49.3 Å². The third-order valence-electron chi connectivity index (χ3n) is 3.66. The number of aliphatic hydroxyl groups is 1. The molecule has 1 aliphatic rings. The zero-order valence-corrected chi connectivity index (χ0v) is 10.9. The summed E-state index contributed by atoms with van der Waals surface area (Å²) in [5, 5.41) is 12.4. The Labute approximate surface area is 100 Å². The highest BCUT2D eigenvalue weighted by Gasteiger charge is 2.17. The first-order valence-electron chi connectivity index (χ1n) is 6.76. The van der Waals surface area contributed by atoms with Gasteiger partial charge in [-0.25, -0.2) is 0 Å². The molecule has 0 spiro atoms. The van der Waals surface area contributed by atoms with Crippen LogP contribution in [0.15, 0.2) is 0 Å². The Morgan fingerprint density at radius 3 is 2.94 bits per heavy atom. The maximum Gasteiger partial charge on any atom is 0.0456 e. The van der Waals surface area contributed by atoms with E-state index in [4.69, 9.17) is 5.11 Å². The minimum atomic E-state index is 0.325. The van der Waals surface area contributed by atoms with Gasteiger partial charge >= 0.3 is 0 Å². The number of nitrogens with zero attached hydrogens (tertiary/aromatic N) is 1. The molecule has 0 aromatic rings. The highest BCUT2D eigenvalue weighted by atomic mass is 16.3. The second-order valence-corrected chi connectivity index (χ2v) is 5.26. The summed E-state index contributed by atoms with van der Waals surface area (Å²) in [5.74, 6) is 0.458. The van der Waals surface area contributed by atoms with E-state index < -0.39 is 0 Å². The van der Waals surface area contributed by atoms with Crippen molar-refractivity contribution in [2.24, 2.45) is 5.92 Å². The second-order valence-electron chi connectivity index (χ2n) is 5.26. The predicted molar refractivity (Wildman–Crippen MR) is 68.6 cm³/mol. The SMILES string of the molecule is CC(CO)CCCNCC1CCCCN1C. The Morgan fingerprint density at radius 2 is 2.25 bits per heavy atom. The zero-order valence-electron chi connectivity index (χ0n) is 10.9. The molecule has 0 amide bonds. The molecule has 16 heavy (non-hydrogen) atoms. The number of rotatable bonds is 7. The maximum atomic E-state index is 8.90. The van der Waals surface area contributed by atoms with Crippen LogP contribution in [0.3, 0.4) is 0 Å². The fourth-order valence-electron chi connectivity index (χ4n) is 2.34. The van der Waals surface area contributed by atoms with Crippen LogP contribution < -0.4 is 5.32 Å². The van der Waals surface area contributed by atoms with Gasteiger partial charge in [-0.3, -0.25) is 0 Å². The van der Waals surface area contributed by atoms with Crippen LogP contribution in [0, 0.1) is 5.92 Å². The van der Waals surface area contributed by atoms with E-state index in [0.717, 1.165) is 25.6 Å². The summed E-state index contributed by atoms with van der Waals surface area (Å²) < 4.78 is 0. The van der Waals surface area contributed by atoms with Gasteiger partial charge in [0.25, 0.3) is 0 Å². The van der Waals surface area contributed by atoms with Crippen LogP contribution in [-0.2, 0) is 0 Å². The van der Waals surface area contributed by atoms with Gasteiger partial charge in [-0.05, 0) is 51.7 Å². The van der Waals surface area contributed by atoms with Crippen LogP contribution in [0.2, 0.25) is 0 Å². The molecule has 2 unspecified atom stereocenters. The Kier molecular flexibility index (Phi) is 7.01. The molecule has 0 saturated carbocycles. The topological polar surface area (TPSA) is 35.5 Å². The standard InChI is InChI=1S/C13H28N2O/c1-12(11-16)6-5-8-14-10-13-7-3-4-9-15(13)2/h12-14,16H,3-11H2,1-2H3. The average molecular weight is 228 g/mol. The van der Waals surface area contributed by atoms with Crippen LogP contribution >= 0.6 is 0 Å². The maximum absolute atomic E-state index is 8.90. The van der Waals surface area contributed by atoms with E-state index >= 15 is 0 Å². The molecular formula is C13H28N2O. The molecule has 0 aromatic heterocycles. The average Bonchev–Trinajstić information content (AvgIpc) is 2.30. The van der Waals surface area contributed by atoms with Gasteiger partial charge in [-0.1, -0.05) is 13.3 Å². The normalized spacial score (nSPS) is 24.6. The first-order chi connectivity index (χ1) is 7.74. The van der Waals surface area contributed by atoms with Crippen molar-refractivity contribution in [3.8, 4) is 0 Å². The molecule has 0 radical (unpaired) electrons. The highest BCUT2D eigenvalue weighted by Crippen LogP contribution is 2.13. The summed E-state index contributed by atoms with van der Waals surface area (Å²) in [4.78, 5) is 2.48. The number of hydrogen-bond acceptors (Lipinski definition) is 3. The molecule has 1 saturated heterocycles. The van der Waals surface area contributed by atoms with Crippen molar-refractivity contribution in [3.63, 3.8) is 0 Å². The van der Waals surface area contributed by atoms with Crippen LogP contribution in [0.5, 0.6) is 0 Å². The van der Waals surface area contributed by atoms with E-state index in [1.807, 2.05) is 0 Å². The van der Waals surface area contributed by atoms with Gasteiger partial charge in [0.15, 0.2) is 0 Å². The highest BCUT2D eigenvalue weighted by molar-refractivity contribution is 4.76. The molecule has 1 rings (SSSR count). The molecule has 3 nitrogen and oxygen atoms in total. The third kappa shape index (κ3) is 5.28. The smallest absolute Gasteiger partial charge is 0.0456 e. The number of likely N-dealkylation sites (tertiary alicyclic amines) is 1. The molecule has 3 heteroatoms. The zero-order chi connectivity index (χ0) is 11.8. The summed E-state index contributed by atoms with van der Waals surface area (Å²) in [6.07, 6.45) is 6.40. The van der Waals surface area contributed by atoms with Gasteiger partial charge in [0.05, 0.1) is 0 Å². The predicted octanol–water partition coefficient (Wildman–Crippen LogP) is 1.47. The van der Waals surface area contributed by atoms with Crippen LogP contribution in [0.1, 0.15) is 39.0 Å². The van der Waals surface area contributed by atoms with Crippen LogP contribution in [0.25, 0.3) is 0 Å². The van der Waals surface area contributed by atoms with Crippen molar-refractivity contribution in [2.45, 2.75) is 45.1 Å². The fourth-order valence-corrected chi connectivity index (χ4v) is 2.34. The van der Waals surface area contributed by atoms with E-state index in [1.54, 1.807) is 0 Å². The minimum absolute atomic E-state index is 0.325. The van der Waals surface area contributed by atoms with E-state index in [1.165, 1.54) is 32.2 Å². The van der Waals surface area contributed by atoms with Gasteiger partial charge < -0.3 is 15.3 Å². The molecule has 2 atom stereocenters. The van der Waals surface area contributed by atoms with Crippen LogP contribution in [0.4, 0.5) is 0 Å². The van der Waals surface area contributed by atoms with Crippen molar-refractivity contribution < 1.29 is 5.11 Å². The molecule has 0 aliphatic carbocycles. The van der Waals surface area contributed by atoms with Gasteiger partial charge in [0.2, 0.25) is 0 Å². The first kappa shape index (κ1) is 13.9. The minimum Gasteiger partial charge on any atom is -0.396 e. The quantitative estimate of drug-likeness (QED) is 0.648. The monoisotopic (exact) mass is 228 g/mol. The third-order valence-corrected chi connectivity index (χ3v) is 3.66. The summed E-state index contributed by atoms with van der Waals surface area (Å²) in [6.45, 7) is 5.91. The molecule has 0 aromatic carbocycles. The van der Waals surface area contributed by atoms with E-state index in [0.29, 0.717) is 12.5 Å². The molecule has 1 aliphatic heterocycles. The van der Waals surface area contributed by atoms with Crippen molar-refractivity contribution in [3.05, 3.63) is 0 Å². The van der Waals surface area contributed by atoms with E-state index in [9.17, 15) is 0 Å². The van der Waals surface area contributed by atoms with Gasteiger partial charge in [-0.2, -0.15) is 0 Å². The number of aliphatic hydroxyl groups excluding tert-OH is 1. The van der Waals surface area contributed by atoms with Crippen molar-refractivity contribution in [2.75, 3.05) is 33.3 Å². The Hall–Kier alpha value is -0.120. The Bertz CT molecular complexity index is 175. The van der Waals surface area contributed by atoms with Crippen molar-refractivity contribution in [1.29, 1.82) is 0 Å². The second kappa shape index (κ2) is 8.04. The lowest BCUT2D eigenvalue weighted by Crippen LogP contribution is -2.43. The Balaban J connectivity index is 1.97. The van der Waals surface area contributed by atoms with Crippen molar-refractivity contribution >= 4 is 0 Å². The van der Waals surface area contributed by atoms with Crippen molar-refractivity contribution in [1.82, 2.24) is 10.2 Å². The fraction of sp³-hybridized carbons (Fsp3) is 1.00. The number of hydrogen-bond donors (Lipinski definition) is 2. The molecule has 96 valence electrons. The largest absolute Gasteiger partial charge is 0.396 e. The van der Waals surface area contributed by atoms with E-state index in [2.05, 4.69) is 24.2 Å². The van der Waals surface area contributed by atoms with Gasteiger partial charge in [-0.15, -0.1) is 0 Å². The lowest BCUT2D eigenvalue weighted by Gasteiger charge is -2.32. The Morgan fingerprint density at radius 1 is 1.44 bits per heavy atom. The summed E-state index contributed by atoms with van der Waals surface area (Å²) in [6, 6.07) is 0.740. The summed E-state index contributed by atoms with van der Waals surface area (Å²) in [7, 11) is 2.24. The number of nitrogens with one attached hydrogen (secondary N) is 1. The molecular weight excluding hydrogens is 200 g/mol. The lowest BCUT2D eigenvalue weighted by molar-refractivity contribution is 0.181. The van der Waals surface area contributed by atoms with E-state index in [-0.39, 0.29) is 0 Å². The molecule has 1 fully saturated rings. The summed E-state index contributed by atoms with van der Waals surface area (Å²) in [5.41, 5.74) is 0. The first-order valence-corrected chi connectivity index (χ1v) is 6.76. The molecule has 0 bridgehead atoms. The van der Waals surface area contributed by atoms with Gasteiger partial charge in [0, 0.05) is 19.2 Å². The molecule has 2 N–H and O–H groups in total. The summed E-state index contributed by atoms with van der Waals surface area (Å²) >= 11 is 0. The lowest BCUT2D eigenvalue weighted by atomic mass is 10.0. The van der Waals surface area contributed by atoms with Gasteiger partial charge in [0.1, 0.15) is 0 Å². The molecule has 1 heterocycles. The number of likely N-dealkylation sites (N-methyl/N-ethyl adjacent to an activating group) is 1. The number of piperidine rings is 1.